The number of rotatable bonds is 2. The number of allylic oxidation sites excluding steroid dienone is 1. The summed E-state index contributed by atoms with van der Waals surface area (Å²) < 4.78 is 0. The summed E-state index contributed by atoms with van der Waals surface area (Å²) in [6.07, 6.45) is 1.98. The number of nitrogens with zero attached hydrogens (tertiary/aromatic N) is 1. The Morgan fingerprint density at radius 3 is 2.33 bits per heavy atom. The first-order valence-electron chi connectivity index (χ1n) is 2.76. The van der Waals surface area contributed by atoms with Gasteiger partial charge in [0.2, 0.25) is 0 Å². The molecule has 0 heterocycles. The largest absolute Gasteiger partial charge is 0.338 e. The topological polar surface area (TPSA) is 3.24 Å². The Balaban J connectivity index is 3.76. The molecule has 0 aromatic rings. The lowest BCUT2D eigenvalue weighted by Gasteiger charge is -2.14. The van der Waals surface area contributed by atoms with Gasteiger partial charge in [-0.3, -0.25) is 0 Å². The maximum atomic E-state index is 4.26. The highest BCUT2D eigenvalue weighted by Gasteiger charge is 1.98. The van der Waals surface area contributed by atoms with Crippen LogP contribution >= 0.6 is 25.3 Å². The van der Waals surface area contributed by atoms with Crippen LogP contribution in [0.2, 0.25) is 0 Å². The molecule has 0 aliphatic heterocycles. The molecule has 0 spiro atoms. The molecule has 0 aromatic heterocycles. The summed E-state index contributed by atoms with van der Waals surface area (Å²) in [5, 5.41) is 0.183. The van der Waals surface area contributed by atoms with Crippen LogP contribution in [0.25, 0.3) is 0 Å². The molecular weight excluding hydrogens is 149 g/mol. The Morgan fingerprint density at radius 1 is 1.78 bits per heavy atom. The average molecular weight is 161 g/mol. The minimum atomic E-state index is 0.183. The van der Waals surface area contributed by atoms with Crippen molar-refractivity contribution in [3.8, 4) is 0 Å². The Labute approximate surface area is 68.8 Å². The van der Waals surface area contributed by atoms with Gasteiger partial charge in [-0.15, -0.1) is 12.6 Å². The summed E-state index contributed by atoms with van der Waals surface area (Å²) in [5.74, 6) is 0. The number of hydrogen-bond donors (Lipinski definition) is 2. The molecule has 1 unspecified atom stereocenters. The smallest absolute Gasteiger partial charge is 0.186 e. The molecule has 1 atom stereocenters. The van der Waals surface area contributed by atoms with E-state index in [2.05, 4.69) is 25.3 Å². The van der Waals surface area contributed by atoms with Gasteiger partial charge in [-0.05, 0) is 25.0 Å². The van der Waals surface area contributed by atoms with E-state index in [0.29, 0.717) is 0 Å². The summed E-state index contributed by atoms with van der Waals surface area (Å²) >= 11 is 8.38. The Bertz CT molecular complexity index is 110. The van der Waals surface area contributed by atoms with Crippen molar-refractivity contribution in [2.24, 2.45) is 0 Å². The molecular formula is C5H12BNS2. The lowest BCUT2D eigenvalue weighted by molar-refractivity contribution is 0.578. The lowest BCUT2D eigenvalue weighted by atomic mass is 10.3. The second-order valence-electron chi connectivity index (χ2n) is 2.19. The van der Waals surface area contributed by atoms with Gasteiger partial charge in [0.1, 0.15) is 0 Å². The van der Waals surface area contributed by atoms with Crippen molar-refractivity contribution >= 4 is 33.2 Å². The molecule has 0 aliphatic rings. The molecule has 9 heavy (non-hydrogen) atoms. The Hall–Kier alpha value is 0.465. The predicted molar refractivity (Wildman–Crippen MR) is 51.8 cm³/mol. The van der Waals surface area contributed by atoms with Gasteiger partial charge in [-0.1, -0.05) is 0 Å². The van der Waals surface area contributed by atoms with Gasteiger partial charge in [0.25, 0.3) is 0 Å². The standard InChI is InChI=1S/C5H12BNS2/c1-4(8)3-5(9)7(2)6/h3,5,8-9H,6H2,1-2H3/b4-3+. The van der Waals surface area contributed by atoms with Gasteiger partial charge in [0.15, 0.2) is 7.98 Å². The van der Waals surface area contributed by atoms with Gasteiger partial charge in [0, 0.05) is 0 Å². The van der Waals surface area contributed by atoms with Gasteiger partial charge in [-0.25, -0.2) is 0 Å². The third kappa shape index (κ3) is 4.94. The van der Waals surface area contributed by atoms with Crippen LogP contribution in [-0.4, -0.2) is 25.2 Å². The first kappa shape index (κ1) is 9.46. The minimum absolute atomic E-state index is 0.183. The molecule has 0 aliphatic carbocycles. The maximum absolute atomic E-state index is 4.26. The predicted octanol–water partition coefficient (Wildman–Crippen LogP) is 0.556. The molecule has 0 saturated carbocycles. The third-order valence-corrected chi connectivity index (χ3v) is 1.68. The van der Waals surface area contributed by atoms with Crippen molar-refractivity contribution in [2.45, 2.75) is 12.3 Å². The van der Waals surface area contributed by atoms with Gasteiger partial charge < -0.3 is 4.81 Å². The molecule has 1 nitrogen and oxygen atoms in total. The molecule has 0 aromatic carbocycles. The van der Waals surface area contributed by atoms with Crippen LogP contribution < -0.4 is 0 Å². The van der Waals surface area contributed by atoms with E-state index < -0.39 is 0 Å². The Morgan fingerprint density at radius 2 is 2.22 bits per heavy atom. The van der Waals surface area contributed by atoms with E-state index >= 15 is 0 Å². The summed E-state index contributed by atoms with van der Waals surface area (Å²) in [6, 6.07) is 0. The van der Waals surface area contributed by atoms with Crippen LogP contribution in [0, 0.1) is 0 Å². The quantitative estimate of drug-likeness (QED) is 0.340. The van der Waals surface area contributed by atoms with E-state index in [0.717, 1.165) is 4.91 Å². The van der Waals surface area contributed by atoms with Crippen molar-refractivity contribution < 1.29 is 0 Å². The summed E-state index contributed by atoms with van der Waals surface area (Å²) in [7, 11) is 3.95. The molecule has 4 heteroatoms. The lowest BCUT2D eigenvalue weighted by Crippen LogP contribution is -2.21. The molecule has 0 radical (unpaired) electrons. The van der Waals surface area contributed by atoms with E-state index in [4.69, 9.17) is 0 Å². The summed E-state index contributed by atoms with van der Waals surface area (Å²) in [4.78, 5) is 3.01. The van der Waals surface area contributed by atoms with Crippen molar-refractivity contribution in [2.75, 3.05) is 7.05 Å². The van der Waals surface area contributed by atoms with Crippen molar-refractivity contribution in [1.29, 1.82) is 0 Å². The molecule has 0 N–H and O–H groups in total. The zero-order valence-electron chi connectivity index (χ0n) is 6.00. The highest BCUT2D eigenvalue weighted by Crippen LogP contribution is 2.06. The number of hydrogen-bond acceptors (Lipinski definition) is 3. The SMILES string of the molecule is BN(C)C(S)/C=C(\C)S. The van der Waals surface area contributed by atoms with Gasteiger partial charge in [-0.2, -0.15) is 12.6 Å². The first-order valence-corrected chi connectivity index (χ1v) is 3.72. The van der Waals surface area contributed by atoms with Crippen molar-refractivity contribution in [3.63, 3.8) is 0 Å². The van der Waals surface area contributed by atoms with E-state index in [1.54, 1.807) is 0 Å². The molecule has 0 rings (SSSR count). The van der Waals surface area contributed by atoms with Crippen LogP contribution in [0.3, 0.4) is 0 Å². The van der Waals surface area contributed by atoms with Crippen molar-refractivity contribution in [1.82, 2.24) is 4.81 Å². The zero-order valence-corrected chi connectivity index (χ0v) is 7.79. The second kappa shape index (κ2) is 4.31. The van der Waals surface area contributed by atoms with E-state index in [1.807, 2.05) is 32.8 Å². The van der Waals surface area contributed by atoms with Gasteiger partial charge in [0.05, 0.1) is 5.37 Å². The van der Waals surface area contributed by atoms with Gasteiger partial charge >= 0.3 is 0 Å². The molecule has 0 amide bonds. The normalized spacial score (nSPS) is 16.3. The zero-order chi connectivity index (χ0) is 7.44. The summed E-state index contributed by atoms with van der Waals surface area (Å²) in [5.41, 5.74) is 0. The fourth-order valence-electron chi connectivity index (χ4n) is 0.365. The maximum Gasteiger partial charge on any atom is 0.186 e. The molecule has 0 saturated heterocycles. The number of likely N-dealkylation sites (N-methyl/N-ethyl adjacent to an activating group) is 1. The van der Waals surface area contributed by atoms with Crippen LogP contribution in [0.4, 0.5) is 0 Å². The monoisotopic (exact) mass is 161 g/mol. The fraction of sp³-hybridized carbons (Fsp3) is 0.600. The van der Waals surface area contributed by atoms with E-state index in [1.165, 1.54) is 0 Å². The van der Waals surface area contributed by atoms with Crippen molar-refractivity contribution in [3.05, 3.63) is 11.0 Å². The van der Waals surface area contributed by atoms with Crippen LogP contribution in [0.1, 0.15) is 6.92 Å². The molecule has 0 bridgehead atoms. The van der Waals surface area contributed by atoms with E-state index in [9.17, 15) is 0 Å². The average Bonchev–Trinajstić information content (AvgIpc) is 1.63. The Kier molecular flexibility index (Phi) is 4.53. The highest BCUT2D eigenvalue weighted by atomic mass is 32.1. The molecule has 52 valence electrons. The minimum Gasteiger partial charge on any atom is -0.338 e. The second-order valence-corrected chi connectivity index (χ2v) is 3.42. The summed E-state index contributed by atoms with van der Waals surface area (Å²) in [6.45, 7) is 1.94. The molecule has 0 fully saturated rings. The number of thiol groups is 2. The van der Waals surface area contributed by atoms with Crippen LogP contribution in [0.15, 0.2) is 11.0 Å². The van der Waals surface area contributed by atoms with E-state index in [-0.39, 0.29) is 5.37 Å². The van der Waals surface area contributed by atoms with Crippen LogP contribution in [0.5, 0.6) is 0 Å². The third-order valence-electron chi connectivity index (χ3n) is 0.919. The fourth-order valence-corrected chi connectivity index (χ4v) is 0.847. The highest BCUT2D eigenvalue weighted by molar-refractivity contribution is 7.84. The first-order chi connectivity index (χ1) is 4.04. The van der Waals surface area contributed by atoms with Crippen LogP contribution in [-0.2, 0) is 0 Å².